The molecule has 0 saturated carbocycles. The van der Waals surface area contributed by atoms with Gasteiger partial charge >= 0.3 is 0 Å². The molecule has 1 N–H and O–H groups in total. The van der Waals surface area contributed by atoms with E-state index in [0.717, 1.165) is 12.8 Å². The smallest absolute Gasteiger partial charge is 0.287 e. The standard InChI is InChI=1S/C27H25FN2O7/c28-18-4-6-19(7-5-18)35-15-23(31)17-3-9-24-22(12-17)30(26(32)16-36-24)14-21-8-10-25(37-21)27(33)29-13-20-2-1-11-34-20/h3-10,12,20H,1-2,11,13-16H2,(H,29,33). The average Bonchev–Trinajstić information content (AvgIpc) is 3.61. The van der Waals surface area contributed by atoms with Crippen molar-refractivity contribution in [3.05, 3.63) is 77.5 Å². The molecule has 5 rings (SSSR count). The number of rotatable bonds is 9. The van der Waals surface area contributed by atoms with Gasteiger partial charge in [-0.2, -0.15) is 0 Å². The highest BCUT2D eigenvalue weighted by Gasteiger charge is 2.28. The normalized spacial score (nSPS) is 16.7. The van der Waals surface area contributed by atoms with Crippen LogP contribution in [0.25, 0.3) is 0 Å². The second-order valence-electron chi connectivity index (χ2n) is 8.73. The maximum Gasteiger partial charge on any atom is 0.287 e. The molecule has 3 aromatic rings. The summed E-state index contributed by atoms with van der Waals surface area (Å²) in [5.41, 5.74) is 0.725. The molecule has 1 fully saturated rings. The van der Waals surface area contributed by atoms with E-state index in [-0.39, 0.29) is 49.2 Å². The van der Waals surface area contributed by atoms with Crippen LogP contribution in [0.15, 0.2) is 59.0 Å². The van der Waals surface area contributed by atoms with Crippen LogP contribution in [-0.2, 0) is 16.1 Å². The molecule has 3 heterocycles. The van der Waals surface area contributed by atoms with Crippen molar-refractivity contribution >= 4 is 23.3 Å². The summed E-state index contributed by atoms with van der Waals surface area (Å²) in [6, 6.07) is 13.3. The molecule has 0 aliphatic carbocycles. The summed E-state index contributed by atoms with van der Waals surface area (Å²) < 4.78 is 35.3. The lowest BCUT2D eigenvalue weighted by atomic mass is 10.1. The van der Waals surface area contributed by atoms with Crippen LogP contribution in [0, 0.1) is 5.82 Å². The van der Waals surface area contributed by atoms with Crippen LogP contribution in [-0.4, -0.2) is 50.1 Å². The van der Waals surface area contributed by atoms with Crippen molar-refractivity contribution in [1.82, 2.24) is 5.32 Å². The molecule has 2 amide bonds. The molecule has 2 aliphatic rings. The number of halogens is 1. The first-order valence-corrected chi connectivity index (χ1v) is 11.9. The molecule has 1 atom stereocenters. The van der Waals surface area contributed by atoms with Gasteiger partial charge in [-0.3, -0.25) is 19.3 Å². The zero-order chi connectivity index (χ0) is 25.8. The number of hydrogen-bond acceptors (Lipinski definition) is 7. The summed E-state index contributed by atoms with van der Waals surface area (Å²) >= 11 is 0. The Balaban J connectivity index is 1.25. The second kappa shape index (κ2) is 10.8. The topological polar surface area (TPSA) is 107 Å². The van der Waals surface area contributed by atoms with E-state index in [2.05, 4.69) is 5.32 Å². The highest BCUT2D eigenvalue weighted by Crippen LogP contribution is 2.34. The fourth-order valence-corrected chi connectivity index (χ4v) is 4.15. The van der Waals surface area contributed by atoms with Gasteiger partial charge in [0.15, 0.2) is 24.8 Å². The molecule has 0 radical (unpaired) electrons. The van der Waals surface area contributed by atoms with Crippen molar-refractivity contribution in [3.8, 4) is 11.5 Å². The van der Waals surface area contributed by atoms with Gasteiger partial charge in [0.2, 0.25) is 0 Å². The van der Waals surface area contributed by atoms with Crippen molar-refractivity contribution in [3.63, 3.8) is 0 Å². The molecule has 1 aromatic heterocycles. The quantitative estimate of drug-likeness (QED) is 0.441. The average molecular weight is 509 g/mol. The fraction of sp³-hybridized carbons (Fsp3) is 0.296. The number of hydrogen-bond donors (Lipinski definition) is 1. The number of furan rings is 1. The highest BCUT2D eigenvalue weighted by atomic mass is 19.1. The molecule has 0 bridgehead atoms. The molecule has 9 nitrogen and oxygen atoms in total. The molecular formula is C27H25FN2O7. The Hall–Kier alpha value is -4.18. The van der Waals surface area contributed by atoms with Crippen molar-refractivity contribution < 1.29 is 37.4 Å². The lowest BCUT2D eigenvalue weighted by Gasteiger charge is -2.29. The van der Waals surface area contributed by atoms with Gasteiger partial charge in [0.05, 0.1) is 18.3 Å². The molecule has 10 heteroatoms. The first-order valence-electron chi connectivity index (χ1n) is 11.9. The highest BCUT2D eigenvalue weighted by molar-refractivity contribution is 6.02. The van der Waals surface area contributed by atoms with Crippen molar-refractivity contribution in [1.29, 1.82) is 0 Å². The predicted molar refractivity (Wildman–Crippen MR) is 129 cm³/mol. The third-order valence-corrected chi connectivity index (χ3v) is 6.12. The molecule has 2 aliphatic heterocycles. The Bertz CT molecular complexity index is 1300. The van der Waals surface area contributed by atoms with Crippen LogP contribution in [0.5, 0.6) is 11.5 Å². The van der Waals surface area contributed by atoms with Gasteiger partial charge in [0.1, 0.15) is 23.1 Å². The van der Waals surface area contributed by atoms with Crippen molar-refractivity contribution in [2.75, 3.05) is 31.3 Å². The SMILES string of the molecule is O=C(COc1ccc(F)cc1)c1ccc2c(c1)N(Cc1ccc(C(=O)NCC3CCCO3)o1)C(=O)CO2. The number of benzene rings is 2. The Kier molecular flexibility index (Phi) is 7.18. The van der Waals surface area contributed by atoms with Gasteiger partial charge in [0.25, 0.3) is 11.8 Å². The van der Waals surface area contributed by atoms with E-state index in [1.807, 2.05) is 0 Å². The molecule has 0 spiro atoms. The van der Waals surface area contributed by atoms with Crippen LogP contribution in [0.2, 0.25) is 0 Å². The number of carbonyl (C=O) groups excluding carboxylic acids is 3. The minimum Gasteiger partial charge on any atom is -0.485 e. The van der Waals surface area contributed by atoms with E-state index >= 15 is 0 Å². The monoisotopic (exact) mass is 508 g/mol. The third-order valence-electron chi connectivity index (χ3n) is 6.12. The van der Waals surface area contributed by atoms with Crippen molar-refractivity contribution in [2.45, 2.75) is 25.5 Å². The van der Waals surface area contributed by atoms with Gasteiger partial charge in [-0.1, -0.05) is 0 Å². The van der Waals surface area contributed by atoms with Gasteiger partial charge in [0, 0.05) is 18.7 Å². The van der Waals surface area contributed by atoms with Crippen LogP contribution in [0.3, 0.4) is 0 Å². The lowest BCUT2D eigenvalue weighted by Crippen LogP contribution is -2.38. The lowest BCUT2D eigenvalue weighted by molar-refractivity contribution is -0.121. The van der Waals surface area contributed by atoms with Crippen LogP contribution in [0.4, 0.5) is 10.1 Å². The number of nitrogens with zero attached hydrogens (tertiary/aromatic N) is 1. The van der Waals surface area contributed by atoms with Gasteiger partial charge in [-0.25, -0.2) is 4.39 Å². The van der Waals surface area contributed by atoms with Gasteiger partial charge in [-0.15, -0.1) is 0 Å². The molecule has 1 unspecified atom stereocenters. The summed E-state index contributed by atoms with van der Waals surface area (Å²) in [5.74, 6) is -0.0621. The molecule has 192 valence electrons. The van der Waals surface area contributed by atoms with Crippen LogP contribution < -0.4 is 19.7 Å². The number of Topliss-reactive ketones (excluding diaryl/α,β-unsaturated/α-hetero) is 1. The second-order valence-corrected chi connectivity index (χ2v) is 8.73. The summed E-state index contributed by atoms with van der Waals surface area (Å²) in [6.45, 7) is 0.740. The number of nitrogens with one attached hydrogen (secondary N) is 1. The Morgan fingerprint density at radius 1 is 1.11 bits per heavy atom. The number of fused-ring (bicyclic) bond motifs is 1. The Morgan fingerprint density at radius 3 is 2.73 bits per heavy atom. The number of carbonyl (C=O) groups is 3. The first-order chi connectivity index (χ1) is 18.0. The Morgan fingerprint density at radius 2 is 1.95 bits per heavy atom. The van der Waals surface area contributed by atoms with E-state index in [9.17, 15) is 18.8 Å². The molecule has 2 aromatic carbocycles. The Labute approximate surface area is 212 Å². The van der Waals surface area contributed by atoms with Crippen LogP contribution >= 0.6 is 0 Å². The molecular weight excluding hydrogens is 483 g/mol. The summed E-state index contributed by atoms with van der Waals surface area (Å²) in [6.07, 6.45) is 1.90. The number of ketones is 1. The third kappa shape index (κ3) is 5.80. The van der Waals surface area contributed by atoms with E-state index in [4.69, 9.17) is 18.6 Å². The van der Waals surface area contributed by atoms with E-state index in [1.165, 1.54) is 29.2 Å². The van der Waals surface area contributed by atoms with Crippen LogP contribution in [0.1, 0.15) is 39.5 Å². The van der Waals surface area contributed by atoms with Crippen molar-refractivity contribution in [2.24, 2.45) is 0 Å². The van der Waals surface area contributed by atoms with Gasteiger partial charge in [-0.05, 0) is 67.4 Å². The van der Waals surface area contributed by atoms with E-state index < -0.39 is 5.82 Å². The maximum atomic E-state index is 13.1. The van der Waals surface area contributed by atoms with E-state index in [1.54, 1.807) is 30.3 Å². The largest absolute Gasteiger partial charge is 0.485 e. The zero-order valence-electron chi connectivity index (χ0n) is 19.9. The van der Waals surface area contributed by atoms with Gasteiger partial charge < -0.3 is 23.9 Å². The number of anilines is 1. The molecule has 1 saturated heterocycles. The first kappa shape index (κ1) is 24.5. The number of amides is 2. The number of ether oxygens (including phenoxy) is 3. The minimum absolute atomic E-state index is 0.0128. The summed E-state index contributed by atoms with van der Waals surface area (Å²) in [5, 5.41) is 2.80. The summed E-state index contributed by atoms with van der Waals surface area (Å²) in [7, 11) is 0. The van der Waals surface area contributed by atoms with E-state index in [0.29, 0.717) is 41.7 Å². The zero-order valence-corrected chi connectivity index (χ0v) is 19.9. The fourth-order valence-electron chi connectivity index (χ4n) is 4.15. The molecule has 37 heavy (non-hydrogen) atoms. The maximum absolute atomic E-state index is 13.1. The summed E-state index contributed by atoms with van der Waals surface area (Å²) in [4.78, 5) is 39.3. The minimum atomic E-state index is -0.402. The predicted octanol–water partition coefficient (Wildman–Crippen LogP) is 3.51.